The summed E-state index contributed by atoms with van der Waals surface area (Å²) in [6, 6.07) is 8.30. The van der Waals surface area contributed by atoms with Crippen LogP contribution in [-0.4, -0.2) is 13.1 Å². The van der Waals surface area contributed by atoms with Crippen molar-refractivity contribution in [1.82, 2.24) is 0 Å². The van der Waals surface area contributed by atoms with Crippen LogP contribution in [0.5, 0.6) is 5.75 Å². The Hall–Kier alpha value is -0.644. The summed E-state index contributed by atoms with van der Waals surface area (Å²) in [6.07, 6.45) is 0.766. The zero-order chi connectivity index (χ0) is 11.3. The second kappa shape index (κ2) is 7.60. The molecule has 0 aliphatic rings. The first-order valence-electron chi connectivity index (χ1n) is 4.14. The van der Waals surface area contributed by atoms with E-state index in [0.717, 1.165) is 6.08 Å². The largest absolute Gasteiger partial charge is 1.00 e. The summed E-state index contributed by atoms with van der Waals surface area (Å²) < 4.78 is 4.93. The fourth-order valence-electron chi connectivity index (χ4n) is 1.07. The van der Waals surface area contributed by atoms with Crippen molar-refractivity contribution in [1.29, 1.82) is 5.26 Å². The molecular weight excluding hydrogens is 233 g/mol. The molecule has 16 heavy (non-hydrogen) atoms. The molecule has 0 saturated heterocycles. The van der Waals surface area contributed by atoms with E-state index in [1.165, 1.54) is 7.11 Å². The van der Waals surface area contributed by atoms with E-state index in [-0.39, 0.29) is 57.0 Å². The zero-order valence-corrected chi connectivity index (χ0v) is 12.2. The Labute approximate surface area is 136 Å². The predicted octanol–water partition coefficient (Wildman–Crippen LogP) is -2.64. The summed E-state index contributed by atoms with van der Waals surface area (Å²) in [4.78, 5) is 10.3. The number of nitrogens with zero attached hydrogens (tertiary/aromatic N) is 1. The Morgan fingerprint density at radius 3 is 2.38 bits per heavy atom. The summed E-state index contributed by atoms with van der Waals surface area (Å²) in [5, 5.41) is 19.0. The van der Waals surface area contributed by atoms with Gasteiger partial charge in [-0.15, -0.1) is 0 Å². The molecule has 0 bridgehead atoms. The van der Waals surface area contributed by atoms with Crippen molar-refractivity contribution < 1.29 is 66.0 Å². The van der Waals surface area contributed by atoms with E-state index in [2.05, 4.69) is 0 Å². The molecule has 0 atom stereocenters. The first kappa shape index (κ1) is 15.4. The topological polar surface area (TPSA) is 73.1 Å². The minimum Gasteiger partial charge on any atom is -0.545 e. The van der Waals surface area contributed by atoms with Gasteiger partial charge in [-0.25, -0.2) is 0 Å². The summed E-state index contributed by atoms with van der Waals surface area (Å²) >= 11 is 0. The van der Waals surface area contributed by atoms with Gasteiger partial charge >= 0.3 is 51.4 Å². The minimum atomic E-state index is -1.39. The van der Waals surface area contributed by atoms with Crippen LogP contribution >= 0.6 is 0 Å². The van der Waals surface area contributed by atoms with Crippen molar-refractivity contribution in [2.75, 3.05) is 7.11 Å². The maximum Gasteiger partial charge on any atom is 1.00 e. The number of aliphatic carboxylic acids is 1. The number of carboxylic acid groups (broad SMARTS) is 1. The molecule has 1 rings (SSSR count). The number of allylic oxidation sites excluding steroid dienone is 1. The van der Waals surface area contributed by atoms with E-state index < -0.39 is 5.97 Å². The zero-order valence-electron chi connectivity index (χ0n) is 9.06. The van der Waals surface area contributed by atoms with Crippen molar-refractivity contribution in [2.24, 2.45) is 0 Å². The van der Waals surface area contributed by atoms with Crippen LogP contribution in [0.4, 0.5) is 0 Å². The molecule has 1 aromatic rings. The van der Waals surface area contributed by atoms with E-state index in [0.29, 0.717) is 11.3 Å². The van der Waals surface area contributed by atoms with Crippen molar-refractivity contribution in [3.8, 4) is 11.8 Å². The second-order valence-electron chi connectivity index (χ2n) is 2.72. The molecule has 0 radical (unpaired) electrons. The van der Waals surface area contributed by atoms with E-state index in [1.54, 1.807) is 30.3 Å². The molecule has 0 amide bonds. The molecule has 0 aromatic heterocycles. The van der Waals surface area contributed by atoms with E-state index in [4.69, 9.17) is 10.00 Å². The third kappa shape index (κ3) is 4.47. The maximum atomic E-state index is 10.3. The fraction of sp³-hybridized carbons (Fsp3) is 0.0909. The van der Waals surface area contributed by atoms with Crippen LogP contribution < -0.4 is 61.2 Å². The molecule has 0 N–H and O–H groups in total. The molecular formula is C11H8KNO3. The molecule has 0 heterocycles. The Bertz CT molecular complexity index is 432. The molecule has 1 aromatic carbocycles. The number of carbonyl (C=O) groups is 1. The van der Waals surface area contributed by atoms with Gasteiger partial charge in [0.1, 0.15) is 5.75 Å². The molecule has 0 unspecified atom stereocenters. The quantitative estimate of drug-likeness (QED) is 0.329. The molecule has 76 valence electrons. The van der Waals surface area contributed by atoms with Crippen molar-refractivity contribution in [3.63, 3.8) is 0 Å². The van der Waals surface area contributed by atoms with Crippen molar-refractivity contribution >= 4 is 11.5 Å². The number of carboxylic acids is 1. The Morgan fingerprint density at radius 2 is 2.00 bits per heavy atom. The first-order valence-corrected chi connectivity index (χ1v) is 4.14. The Morgan fingerprint density at radius 1 is 1.44 bits per heavy atom. The molecule has 0 spiro atoms. The Balaban J connectivity index is 0.00000225. The summed E-state index contributed by atoms with van der Waals surface area (Å²) in [5.41, 5.74) is 0.570. The predicted molar refractivity (Wildman–Crippen MR) is 51.6 cm³/mol. The third-order valence-electron chi connectivity index (χ3n) is 1.78. The standard InChI is InChI=1S/C11H9NO3.K/c1-15-10-4-2-8(3-5-10)9(7-12)6-11(13)14;/h2-6H,1H3,(H,13,14);/q;+1/p-1/b9-6+;. The number of ether oxygens (including phenoxy) is 1. The van der Waals surface area contributed by atoms with Gasteiger partial charge in [0, 0.05) is 0 Å². The van der Waals surface area contributed by atoms with Gasteiger partial charge in [-0.05, 0) is 35.9 Å². The summed E-state index contributed by atoms with van der Waals surface area (Å²) in [5.74, 6) is -0.744. The van der Waals surface area contributed by atoms with Gasteiger partial charge in [0.15, 0.2) is 0 Å². The number of benzene rings is 1. The fourth-order valence-corrected chi connectivity index (χ4v) is 1.07. The van der Waals surface area contributed by atoms with Gasteiger partial charge in [-0.2, -0.15) is 5.26 Å². The SMILES string of the molecule is COc1ccc(/C(C#N)=C/C(=O)[O-])cc1.[K+]. The van der Waals surface area contributed by atoms with Gasteiger partial charge in [0.2, 0.25) is 0 Å². The van der Waals surface area contributed by atoms with E-state index >= 15 is 0 Å². The molecule has 0 fully saturated rings. The third-order valence-corrected chi connectivity index (χ3v) is 1.78. The van der Waals surface area contributed by atoms with Gasteiger partial charge in [0.05, 0.1) is 24.7 Å². The van der Waals surface area contributed by atoms with E-state index in [9.17, 15) is 9.90 Å². The number of hydrogen-bond donors (Lipinski definition) is 0. The summed E-state index contributed by atoms with van der Waals surface area (Å²) in [7, 11) is 1.53. The van der Waals surface area contributed by atoms with Crippen molar-refractivity contribution in [2.45, 2.75) is 0 Å². The average molecular weight is 241 g/mol. The Kier molecular flexibility index (Phi) is 7.29. The first-order chi connectivity index (χ1) is 7.17. The second-order valence-corrected chi connectivity index (χ2v) is 2.72. The maximum absolute atomic E-state index is 10.3. The van der Waals surface area contributed by atoms with Crippen LogP contribution in [0.1, 0.15) is 5.56 Å². The molecule has 0 aliphatic heterocycles. The minimum absolute atomic E-state index is 0. The summed E-state index contributed by atoms with van der Waals surface area (Å²) in [6.45, 7) is 0. The van der Waals surface area contributed by atoms with Gasteiger partial charge in [-0.1, -0.05) is 0 Å². The number of rotatable bonds is 3. The monoisotopic (exact) mass is 241 g/mol. The van der Waals surface area contributed by atoms with E-state index in [1.807, 2.05) is 0 Å². The van der Waals surface area contributed by atoms with Crippen LogP contribution in [0.15, 0.2) is 30.3 Å². The number of methoxy groups -OCH3 is 1. The average Bonchev–Trinajstić information content (AvgIpc) is 2.26. The molecule has 0 saturated carbocycles. The van der Waals surface area contributed by atoms with Crippen LogP contribution in [0, 0.1) is 11.3 Å². The van der Waals surface area contributed by atoms with Crippen molar-refractivity contribution in [3.05, 3.63) is 35.9 Å². The smallest absolute Gasteiger partial charge is 0.545 e. The van der Waals surface area contributed by atoms with Gasteiger partial charge < -0.3 is 14.6 Å². The number of carbonyl (C=O) groups excluding carboxylic acids is 1. The molecule has 4 nitrogen and oxygen atoms in total. The van der Waals surface area contributed by atoms with Crippen LogP contribution in [0.25, 0.3) is 5.57 Å². The number of nitriles is 1. The van der Waals surface area contributed by atoms with Gasteiger partial charge in [0.25, 0.3) is 0 Å². The normalized spacial score (nSPS) is 9.88. The number of hydrogen-bond acceptors (Lipinski definition) is 4. The molecule has 0 aliphatic carbocycles. The van der Waals surface area contributed by atoms with Crippen LogP contribution in [0.2, 0.25) is 0 Å². The van der Waals surface area contributed by atoms with Crippen LogP contribution in [0.3, 0.4) is 0 Å². The van der Waals surface area contributed by atoms with Gasteiger partial charge in [-0.3, -0.25) is 0 Å². The molecule has 5 heteroatoms. The van der Waals surface area contributed by atoms with Crippen LogP contribution in [-0.2, 0) is 4.79 Å².